The van der Waals surface area contributed by atoms with Gasteiger partial charge in [0.05, 0.1) is 5.52 Å². The number of halogens is 1. The molecule has 2 aromatic rings. The lowest BCUT2D eigenvalue weighted by Crippen LogP contribution is -2.25. The van der Waals surface area contributed by atoms with Crippen molar-refractivity contribution in [3.05, 3.63) is 30.3 Å². The molecule has 0 saturated carbocycles. The number of hydrogen-bond acceptors (Lipinski definition) is 3. The molecule has 1 aliphatic heterocycles. The molecule has 0 radical (unpaired) electrons. The van der Waals surface area contributed by atoms with Gasteiger partial charge in [0.1, 0.15) is 18.0 Å². The van der Waals surface area contributed by atoms with Crippen LogP contribution < -0.4 is 4.90 Å². The van der Waals surface area contributed by atoms with E-state index in [1.165, 1.54) is 25.3 Å². The molecular formula is C15H18FN3. The van der Waals surface area contributed by atoms with Crippen LogP contribution in [-0.4, -0.2) is 23.1 Å². The van der Waals surface area contributed by atoms with Gasteiger partial charge < -0.3 is 4.90 Å². The van der Waals surface area contributed by atoms with Crippen molar-refractivity contribution in [2.45, 2.75) is 26.2 Å². The average Bonchev–Trinajstić information content (AvgIpc) is 2.63. The quantitative estimate of drug-likeness (QED) is 0.786. The monoisotopic (exact) mass is 259 g/mol. The summed E-state index contributed by atoms with van der Waals surface area (Å²) in [5.74, 6) is 1.40. The normalized spacial score (nSPS) is 20.5. The maximum absolute atomic E-state index is 13.5. The summed E-state index contributed by atoms with van der Waals surface area (Å²) in [7, 11) is 0. The molecule has 1 aliphatic rings. The first-order valence-corrected chi connectivity index (χ1v) is 6.89. The fourth-order valence-corrected chi connectivity index (χ4v) is 2.74. The summed E-state index contributed by atoms with van der Waals surface area (Å²) in [6, 6.07) is 4.71. The molecule has 1 aromatic carbocycles. The van der Waals surface area contributed by atoms with Crippen LogP contribution in [0.25, 0.3) is 10.9 Å². The van der Waals surface area contributed by atoms with E-state index in [2.05, 4.69) is 21.8 Å². The standard InChI is InChI=1S/C15H18FN3/c1-11-3-2-7-19(8-6-11)15-13-9-12(16)4-5-14(13)17-10-18-15/h4-5,9-11H,2-3,6-8H2,1H3. The Labute approximate surface area is 112 Å². The highest BCUT2D eigenvalue weighted by Gasteiger charge is 2.17. The second-order valence-corrected chi connectivity index (χ2v) is 5.38. The van der Waals surface area contributed by atoms with E-state index in [-0.39, 0.29) is 5.82 Å². The van der Waals surface area contributed by atoms with Crippen LogP contribution in [0.2, 0.25) is 0 Å². The van der Waals surface area contributed by atoms with Gasteiger partial charge in [-0.25, -0.2) is 14.4 Å². The van der Waals surface area contributed by atoms with Gasteiger partial charge in [-0.1, -0.05) is 6.92 Å². The third-order valence-electron chi connectivity index (χ3n) is 3.89. The molecule has 3 rings (SSSR count). The molecule has 0 spiro atoms. The third-order valence-corrected chi connectivity index (χ3v) is 3.89. The lowest BCUT2D eigenvalue weighted by Gasteiger charge is -2.22. The lowest BCUT2D eigenvalue weighted by molar-refractivity contribution is 0.521. The number of aromatic nitrogens is 2. The van der Waals surface area contributed by atoms with Gasteiger partial charge in [-0.2, -0.15) is 0 Å². The van der Waals surface area contributed by atoms with Crippen LogP contribution in [0.15, 0.2) is 24.5 Å². The molecule has 2 heterocycles. The van der Waals surface area contributed by atoms with Gasteiger partial charge in [-0.15, -0.1) is 0 Å². The summed E-state index contributed by atoms with van der Waals surface area (Å²) < 4.78 is 13.5. The van der Waals surface area contributed by atoms with Gasteiger partial charge >= 0.3 is 0 Å². The Kier molecular flexibility index (Phi) is 3.32. The molecule has 0 amide bonds. The number of hydrogen-bond donors (Lipinski definition) is 0. The van der Waals surface area contributed by atoms with E-state index in [9.17, 15) is 4.39 Å². The van der Waals surface area contributed by atoms with Gasteiger partial charge in [0, 0.05) is 18.5 Å². The molecule has 19 heavy (non-hydrogen) atoms. The molecule has 1 atom stereocenters. The van der Waals surface area contributed by atoms with Crippen LogP contribution >= 0.6 is 0 Å². The van der Waals surface area contributed by atoms with Crippen molar-refractivity contribution in [2.24, 2.45) is 5.92 Å². The first-order valence-electron chi connectivity index (χ1n) is 6.89. The van der Waals surface area contributed by atoms with Crippen molar-refractivity contribution >= 4 is 16.7 Å². The van der Waals surface area contributed by atoms with E-state index in [0.717, 1.165) is 35.7 Å². The second-order valence-electron chi connectivity index (χ2n) is 5.38. The minimum Gasteiger partial charge on any atom is -0.356 e. The molecule has 1 unspecified atom stereocenters. The predicted molar refractivity (Wildman–Crippen MR) is 74.7 cm³/mol. The first-order chi connectivity index (χ1) is 9.24. The Balaban J connectivity index is 2.01. The zero-order valence-electron chi connectivity index (χ0n) is 11.1. The van der Waals surface area contributed by atoms with Crippen LogP contribution in [0.5, 0.6) is 0 Å². The van der Waals surface area contributed by atoms with E-state index in [1.54, 1.807) is 18.5 Å². The maximum atomic E-state index is 13.5. The predicted octanol–water partition coefficient (Wildman–Crippen LogP) is 3.40. The number of benzene rings is 1. The Morgan fingerprint density at radius 2 is 2.11 bits per heavy atom. The fourth-order valence-electron chi connectivity index (χ4n) is 2.74. The molecule has 1 saturated heterocycles. The van der Waals surface area contributed by atoms with Gasteiger partial charge in [-0.3, -0.25) is 0 Å². The van der Waals surface area contributed by atoms with Crippen molar-refractivity contribution in [1.29, 1.82) is 0 Å². The summed E-state index contributed by atoms with van der Waals surface area (Å²) in [6.45, 7) is 4.28. The largest absolute Gasteiger partial charge is 0.356 e. The molecule has 0 N–H and O–H groups in total. The molecule has 0 aliphatic carbocycles. The summed E-state index contributed by atoms with van der Waals surface area (Å²) in [5, 5.41) is 0.817. The van der Waals surface area contributed by atoms with Gasteiger partial charge in [-0.05, 0) is 43.4 Å². The van der Waals surface area contributed by atoms with Gasteiger partial charge in [0.2, 0.25) is 0 Å². The number of fused-ring (bicyclic) bond motifs is 1. The molecule has 100 valence electrons. The molecule has 1 fully saturated rings. The van der Waals surface area contributed by atoms with E-state index < -0.39 is 0 Å². The van der Waals surface area contributed by atoms with Gasteiger partial charge in [0.15, 0.2) is 0 Å². The molecular weight excluding hydrogens is 241 g/mol. The maximum Gasteiger partial charge on any atom is 0.139 e. The highest BCUT2D eigenvalue weighted by Crippen LogP contribution is 2.27. The van der Waals surface area contributed by atoms with Crippen LogP contribution in [-0.2, 0) is 0 Å². The topological polar surface area (TPSA) is 29.0 Å². The lowest BCUT2D eigenvalue weighted by atomic mass is 10.0. The first kappa shape index (κ1) is 12.3. The summed E-state index contributed by atoms with van der Waals surface area (Å²) in [6.07, 6.45) is 5.17. The fraction of sp³-hybridized carbons (Fsp3) is 0.467. The average molecular weight is 259 g/mol. The van der Waals surface area contributed by atoms with Crippen molar-refractivity contribution < 1.29 is 4.39 Å². The highest BCUT2D eigenvalue weighted by molar-refractivity contribution is 5.89. The van der Waals surface area contributed by atoms with Crippen LogP contribution in [0, 0.1) is 11.7 Å². The Bertz CT molecular complexity index is 585. The molecule has 4 heteroatoms. The van der Waals surface area contributed by atoms with Crippen molar-refractivity contribution in [2.75, 3.05) is 18.0 Å². The number of nitrogens with zero attached hydrogens (tertiary/aromatic N) is 3. The van der Waals surface area contributed by atoms with Crippen LogP contribution in [0.3, 0.4) is 0 Å². The zero-order valence-corrected chi connectivity index (χ0v) is 11.1. The SMILES string of the molecule is CC1CCCN(c2ncnc3ccc(F)cc23)CC1. The minimum absolute atomic E-state index is 0.230. The van der Waals surface area contributed by atoms with Crippen LogP contribution in [0.1, 0.15) is 26.2 Å². The molecule has 1 aromatic heterocycles. The third kappa shape index (κ3) is 2.53. The minimum atomic E-state index is -0.230. The number of anilines is 1. The van der Waals surface area contributed by atoms with E-state index >= 15 is 0 Å². The van der Waals surface area contributed by atoms with E-state index in [0.29, 0.717) is 0 Å². The van der Waals surface area contributed by atoms with E-state index in [1.807, 2.05) is 0 Å². The van der Waals surface area contributed by atoms with Crippen molar-refractivity contribution in [1.82, 2.24) is 9.97 Å². The Hall–Kier alpha value is -1.71. The zero-order chi connectivity index (χ0) is 13.2. The highest BCUT2D eigenvalue weighted by atomic mass is 19.1. The number of rotatable bonds is 1. The summed E-state index contributed by atoms with van der Waals surface area (Å²) in [5.41, 5.74) is 0.809. The van der Waals surface area contributed by atoms with Crippen molar-refractivity contribution in [3.8, 4) is 0 Å². The van der Waals surface area contributed by atoms with Crippen LogP contribution in [0.4, 0.5) is 10.2 Å². The Morgan fingerprint density at radius 1 is 1.21 bits per heavy atom. The van der Waals surface area contributed by atoms with Gasteiger partial charge in [0.25, 0.3) is 0 Å². The molecule has 0 bridgehead atoms. The molecule has 3 nitrogen and oxygen atoms in total. The second kappa shape index (κ2) is 5.11. The smallest absolute Gasteiger partial charge is 0.139 e. The summed E-state index contributed by atoms with van der Waals surface area (Å²) >= 11 is 0. The van der Waals surface area contributed by atoms with E-state index in [4.69, 9.17) is 0 Å². The summed E-state index contributed by atoms with van der Waals surface area (Å²) in [4.78, 5) is 10.9. The van der Waals surface area contributed by atoms with Crippen molar-refractivity contribution in [3.63, 3.8) is 0 Å². The Morgan fingerprint density at radius 3 is 3.00 bits per heavy atom.